The Hall–Kier alpha value is -2.13. The fourth-order valence-electron chi connectivity index (χ4n) is 1.71. The largest absolute Gasteiger partial charge is 0.505 e. The molecule has 0 radical (unpaired) electrons. The number of phenols is 1. The molecule has 7 nitrogen and oxygen atoms in total. The predicted molar refractivity (Wildman–Crippen MR) is 79.4 cm³/mol. The zero-order chi connectivity index (χ0) is 15.8. The summed E-state index contributed by atoms with van der Waals surface area (Å²) in [4.78, 5) is 15.5. The highest BCUT2D eigenvalue weighted by molar-refractivity contribution is 7.92. The molecule has 0 amide bonds. The molecule has 0 saturated carbocycles. The molecule has 0 fully saturated rings. The summed E-state index contributed by atoms with van der Waals surface area (Å²) in [5.41, 5.74) is 0.194. The van der Waals surface area contributed by atoms with Crippen LogP contribution in [-0.2, 0) is 10.0 Å². The number of thiazole rings is 1. The van der Waals surface area contributed by atoms with Crippen LogP contribution in [0.2, 0.25) is 0 Å². The fourth-order valence-corrected chi connectivity index (χ4v) is 3.20. The van der Waals surface area contributed by atoms with E-state index in [2.05, 4.69) is 9.71 Å². The summed E-state index contributed by atoms with van der Waals surface area (Å²) < 4.78 is 24.7. The number of benzene rings is 1. The molecule has 0 aliphatic heterocycles. The number of anilines is 1. The molecule has 2 aromatic rings. The van der Waals surface area contributed by atoms with Crippen molar-refractivity contribution in [1.29, 1.82) is 0 Å². The Labute approximate surface area is 125 Å². The van der Waals surface area contributed by atoms with E-state index in [-0.39, 0.29) is 22.7 Å². The number of carboxylic acids is 1. The number of aromatic carboxylic acids is 1. The van der Waals surface area contributed by atoms with Crippen LogP contribution < -0.4 is 4.72 Å². The highest BCUT2D eigenvalue weighted by Crippen LogP contribution is 2.38. The lowest BCUT2D eigenvalue weighted by Gasteiger charge is -2.08. The summed E-state index contributed by atoms with van der Waals surface area (Å²) in [5.74, 6) is -1.45. The van der Waals surface area contributed by atoms with Gasteiger partial charge >= 0.3 is 5.97 Å². The molecule has 1 aromatic heterocycles. The van der Waals surface area contributed by atoms with Crippen LogP contribution >= 0.6 is 11.3 Å². The van der Waals surface area contributed by atoms with Gasteiger partial charge in [-0.3, -0.25) is 4.72 Å². The Bertz CT molecular complexity index is 811. The van der Waals surface area contributed by atoms with E-state index in [4.69, 9.17) is 5.11 Å². The van der Waals surface area contributed by atoms with Crippen LogP contribution in [0.5, 0.6) is 5.75 Å². The molecule has 1 aromatic carbocycles. The molecule has 0 aliphatic rings. The average molecular weight is 328 g/mol. The van der Waals surface area contributed by atoms with Crippen molar-refractivity contribution in [3.05, 3.63) is 28.8 Å². The predicted octanol–water partition coefficient (Wildman–Crippen LogP) is 1.89. The highest BCUT2D eigenvalue weighted by atomic mass is 32.2. The van der Waals surface area contributed by atoms with E-state index in [9.17, 15) is 18.3 Å². The van der Waals surface area contributed by atoms with Gasteiger partial charge in [-0.25, -0.2) is 18.2 Å². The van der Waals surface area contributed by atoms with E-state index in [1.165, 1.54) is 12.1 Å². The molecule has 0 atom stereocenters. The van der Waals surface area contributed by atoms with E-state index in [1.54, 1.807) is 13.0 Å². The molecule has 0 unspecified atom stereocenters. The number of para-hydroxylation sites is 1. The van der Waals surface area contributed by atoms with Gasteiger partial charge in [-0.2, -0.15) is 0 Å². The lowest BCUT2D eigenvalue weighted by molar-refractivity contribution is 0.0690. The molecule has 3 N–H and O–H groups in total. The monoisotopic (exact) mass is 328 g/mol. The number of aryl methyl sites for hydroxylation is 1. The number of hydrogen-bond donors (Lipinski definition) is 3. The van der Waals surface area contributed by atoms with E-state index >= 15 is 0 Å². The summed E-state index contributed by atoms with van der Waals surface area (Å²) >= 11 is 1.11. The first-order chi connectivity index (χ1) is 9.69. The summed E-state index contributed by atoms with van der Waals surface area (Å²) in [7, 11) is -3.54. The van der Waals surface area contributed by atoms with Gasteiger partial charge in [-0.15, -0.1) is 11.3 Å². The van der Waals surface area contributed by atoms with Crippen LogP contribution in [0.3, 0.4) is 0 Å². The third kappa shape index (κ3) is 3.31. The Kier molecular flexibility index (Phi) is 3.88. The molecular weight excluding hydrogens is 316 g/mol. The zero-order valence-corrected chi connectivity index (χ0v) is 12.7. The molecule has 2 rings (SSSR count). The van der Waals surface area contributed by atoms with Gasteiger partial charge in [0.1, 0.15) is 10.8 Å². The van der Waals surface area contributed by atoms with E-state index in [1.807, 2.05) is 0 Å². The van der Waals surface area contributed by atoms with E-state index in [0.717, 1.165) is 17.6 Å². The molecule has 1 heterocycles. The second kappa shape index (κ2) is 5.34. The van der Waals surface area contributed by atoms with Gasteiger partial charge in [0.05, 0.1) is 17.5 Å². The van der Waals surface area contributed by atoms with Gasteiger partial charge < -0.3 is 10.2 Å². The molecule has 112 valence electrons. The Morgan fingerprint density at radius 2 is 2.05 bits per heavy atom. The van der Waals surface area contributed by atoms with Crippen LogP contribution in [0.15, 0.2) is 18.2 Å². The number of aromatic hydroxyl groups is 1. The molecule has 9 heteroatoms. The number of hydrogen-bond acceptors (Lipinski definition) is 6. The third-order valence-corrected chi connectivity index (χ3v) is 4.16. The van der Waals surface area contributed by atoms with Crippen molar-refractivity contribution in [1.82, 2.24) is 4.98 Å². The van der Waals surface area contributed by atoms with Gasteiger partial charge in [-0.1, -0.05) is 6.07 Å². The van der Waals surface area contributed by atoms with Crippen molar-refractivity contribution >= 4 is 33.0 Å². The molecular formula is C12H12N2O5S2. The molecule has 0 spiro atoms. The van der Waals surface area contributed by atoms with Gasteiger partial charge in [0.25, 0.3) is 0 Å². The van der Waals surface area contributed by atoms with Gasteiger partial charge in [0.15, 0.2) is 5.69 Å². The number of nitrogens with one attached hydrogen (secondary N) is 1. The average Bonchev–Trinajstić information content (AvgIpc) is 2.72. The minimum absolute atomic E-state index is 0.0136. The standard InChI is InChI=1S/C12H12N2O5S2/c1-6-9(12(16)17)13-11(20-6)7-4-3-5-8(10(7)15)14-21(2,18)19/h3-5,14-15H,1-2H3,(H,16,17). The Balaban J connectivity index is 2.53. The maximum absolute atomic E-state index is 11.2. The normalized spacial score (nSPS) is 11.3. The van der Waals surface area contributed by atoms with Gasteiger partial charge in [0, 0.05) is 4.88 Å². The quantitative estimate of drug-likeness (QED) is 0.738. The molecule has 0 saturated heterocycles. The van der Waals surface area contributed by atoms with Crippen molar-refractivity contribution in [2.24, 2.45) is 0 Å². The highest BCUT2D eigenvalue weighted by Gasteiger charge is 2.19. The maximum Gasteiger partial charge on any atom is 0.355 e. The van der Waals surface area contributed by atoms with Gasteiger partial charge in [0.2, 0.25) is 10.0 Å². The van der Waals surface area contributed by atoms with Crippen LogP contribution in [0, 0.1) is 6.92 Å². The number of nitrogens with zero attached hydrogens (tertiary/aromatic N) is 1. The molecule has 0 bridgehead atoms. The number of aromatic nitrogens is 1. The SMILES string of the molecule is Cc1sc(-c2cccc(NS(C)(=O)=O)c2O)nc1C(=O)O. The van der Waals surface area contributed by atoms with Crippen LogP contribution in [0.25, 0.3) is 10.6 Å². The Morgan fingerprint density at radius 1 is 1.38 bits per heavy atom. The van der Waals surface area contributed by atoms with Gasteiger partial charge in [-0.05, 0) is 19.1 Å². The van der Waals surface area contributed by atoms with Crippen LogP contribution in [-0.4, -0.2) is 35.8 Å². The first-order valence-electron chi connectivity index (χ1n) is 5.70. The first-order valence-corrected chi connectivity index (χ1v) is 8.40. The molecule has 0 aliphatic carbocycles. The smallest absolute Gasteiger partial charge is 0.355 e. The van der Waals surface area contributed by atoms with Crippen LogP contribution in [0.4, 0.5) is 5.69 Å². The number of carboxylic acid groups (broad SMARTS) is 1. The number of rotatable bonds is 4. The van der Waals surface area contributed by atoms with Crippen molar-refractivity contribution < 1.29 is 23.4 Å². The minimum Gasteiger partial charge on any atom is -0.505 e. The maximum atomic E-state index is 11.2. The molecule has 21 heavy (non-hydrogen) atoms. The lowest BCUT2D eigenvalue weighted by atomic mass is 10.2. The third-order valence-electron chi connectivity index (χ3n) is 2.56. The van der Waals surface area contributed by atoms with Crippen molar-refractivity contribution in [2.45, 2.75) is 6.92 Å². The Morgan fingerprint density at radius 3 is 2.57 bits per heavy atom. The summed E-state index contributed by atoms with van der Waals surface area (Å²) in [6.45, 7) is 1.61. The summed E-state index contributed by atoms with van der Waals surface area (Å²) in [6, 6.07) is 4.48. The number of sulfonamides is 1. The topological polar surface area (TPSA) is 117 Å². The second-order valence-corrected chi connectivity index (χ2v) is 7.26. The van der Waals surface area contributed by atoms with E-state index in [0.29, 0.717) is 9.88 Å². The number of phenolic OH excluding ortho intramolecular Hbond substituents is 1. The fraction of sp³-hybridized carbons (Fsp3) is 0.167. The van der Waals surface area contributed by atoms with Crippen molar-refractivity contribution in [2.75, 3.05) is 11.0 Å². The summed E-state index contributed by atoms with van der Waals surface area (Å²) in [6.07, 6.45) is 0.967. The van der Waals surface area contributed by atoms with Crippen molar-refractivity contribution in [3.63, 3.8) is 0 Å². The second-order valence-electron chi connectivity index (χ2n) is 4.30. The lowest BCUT2D eigenvalue weighted by Crippen LogP contribution is -2.09. The zero-order valence-electron chi connectivity index (χ0n) is 11.1. The first kappa shape index (κ1) is 15.3. The number of carbonyl (C=O) groups is 1. The minimum atomic E-state index is -3.54. The van der Waals surface area contributed by atoms with Crippen molar-refractivity contribution in [3.8, 4) is 16.3 Å². The summed E-state index contributed by atoms with van der Waals surface area (Å²) in [5, 5.41) is 19.4. The van der Waals surface area contributed by atoms with E-state index < -0.39 is 16.0 Å². The van der Waals surface area contributed by atoms with Crippen LogP contribution in [0.1, 0.15) is 15.4 Å².